The summed E-state index contributed by atoms with van der Waals surface area (Å²) in [7, 11) is 0. The van der Waals surface area contributed by atoms with Crippen molar-refractivity contribution in [2.24, 2.45) is 0 Å². The number of carboxylic acid groups (broad SMARTS) is 1. The second-order valence-corrected chi connectivity index (χ2v) is 11.4. The number of ether oxygens (including phenoxy) is 1. The minimum Gasteiger partial charge on any atom is -0.479 e. The predicted octanol–water partition coefficient (Wildman–Crippen LogP) is 5.40. The number of nitriles is 1. The van der Waals surface area contributed by atoms with Crippen molar-refractivity contribution in [3.05, 3.63) is 74.8 Å². The van der Waals surface area contributed by atoms with E-state index in [1.807, 2.05) is 47.8 Å². The third-order valence-electron chi connectivity index (χ3n) is 7.65. The minimum atomic E-state index is -0.935. The Morgan fingerprint density at radius 2 is 1.98 bits per heavy atom. The monoisotopic (exact) mass is 559 g/mol. The van der Waals surface area contributed by atoms with Crippen LogP contribution in [0, 0.1) is 11.3 Å². The Balaban J connectivity index is 1.47. The highest BCUT2D eigenvalue weighted by molar-refractivity contribution is 7.15. The van der Waals surface area contributed by atoms with Crippen LogP contribution in [0.4, 0.5) is 0 Å². The Bertz CT molecular complexity index is 1610. The first-order valence-corrected chi connectivity index (χ1v) is 14.7. The Morgan fingerprint density at radius 1 is 1.20 bits per heavy atom. The molecule has 208 valence electrons. The number of aliphatic carboxylic acids is 1. The molecule has 9 nitrogen and oxygen atoms in total. The van der Waals surface area contributed by atoms with E-state index in [-0.39, 0.29) is 17.7 Å². The normalized spacial score (nSPS) is 18.0. The van der Waals surface area contributed by atoms with Crippen molar-refractivity contribution in [3.8, 4) is 16.5 Å². The summed E-state index contributed by atoms with van der Waals surface area (Å²) >= 11 is 1.60. The molecule has 0 radical (unpaired) electrons. The molecule has 1 aliphatic carbocycles. The van der Waals surface area contributed by atoms with E-state index in [0.29, 0.717) is 56.3 Å². The fourth-order valence-corrected chi connectivity index (χ4v) is 6.73. The molecule has 1 N–H and O–H groups in total. The fraction of sp³-hybridized carbons (Fsp3) is 0.433. The van der Waals surface area contributed by atoms with Gasteiger partial charge >= 0.3 is 5.97 Å². The topological polar surface area (TPSA) is 123 Å². The first-order chi connectivity index (χ1) is 19.4. The first-order valence-electron chi connectivity index (χ1n) is 13.9. The second-order valence-electron chi connectivity index (χ2n) is 10.2. The van der Waals surface area contributed by atoms with Gasteiger partial charge in [-0.2, -0.15) is 15.3 Å². The molecule has 5 rings (SSSR count). The summed E-state index contributed by atoms with van der Waals surface area (Å²) in [6.07, 6.45) is 5.78. The Morgan fingerprint density at radius 3 is 2.67 bits per heavy atom. The molecule has 1 aliphatic rings. The van der Waals surface area contributed by atoms with Gasteiger partial charge in [0, 0.05) is 33.3 Å². The average molecular weight is 560 g/mol. The van der Waals surface area contributed by atoms with E-state index < -0.39 is 12.1 Å². The summed E-state index contributed by atoms with van der Waals surface area (Å²) in [5, 5.41) is 23.4. The van der Waals surface area contributed by atoms with Crippen molar-refractivity contribution >= 4 is 23.1 Å². The van der Waals surface area contributed by atoms with Crippen molar-refractivity contribution in [3.63, 3.8) is 0 Å². The van der Waals surface area contributed by atoms with E-state index in [0.717, 1.165) is 33.0 Å². The Hall–Kier alpha value is -3.81. The quantitative estimate of drug-likeness (QED) is 0.276. The van der Waals surface area contributed by atoms with Crippen molar-refractivity contribution in [1.82, 2.24) is 19.2 Å². The third-order valence-corrected chi connectivity index (χ3v) is 8.77. The average Bonchev–Trinajstić information content (AvgIpc) is 3.64. The van der Waals surface area contributed by atoms with Gasteiger partial charge in [0.2, 0.25) is 5.78 Å². The van der Waals surface area contributed by atoms with E-state index in [9.17, 15) is 20.0 Å². The van der Waals surface area contributed by atoms with Gasteiger partial charge in [-0.05, 0) is 56.7 Å². The summed E-state index contributed by atoms with van der Waals surface area (Å²) in [5.41, 5.74) is 3.08. The zero-order chi connectivity index (χ0) is 28.2. The van der Waals surface area contributed by atoms with E-state index in [1.165, 1.54) is 6.33 Å². The zero-order valence-corrected chi connectivity index (χ0v) is 23.6. The maximum atomic E-state index is 14.2. The molecule has 1 aromatic carbocycles. The van der Waals surface area contributed by atoms with Gasteiger partial charge in [-0.1, -0.05) is 38.5 Å². The van der Waals surface area contributed by atoms with Gasteiger partial charge in [-0.3, -0.25) is 9.36 Å². The summed E-state index contributed by atoms with van der Waals surface area (Å²) in [5.74, 6) is -0.386. The molecule has 10 heteroatoms. The maximum absolute atomic E-state index is 14.2. The first kappa shape index (κ1) is 27.7. The molecular weight excluding hydrogens is 526 g/mol. The van der Waals surface area contributed by atoms with Crippen molar-refractivity contribution < 1.29 is 14.6 Å². The van der Waals surface area contributed by atoms with Gasteiger partial charge in [-0.15, -0.1) is 11.3 Å². The lowest BCUT2D eigenvalue weighted by atomic mass is 9.92. The van der Waals surface area contributed by atoms with E-state index in [4.69, 9.17) is 4.74 Å². The SMILES string of the molecule is CCCc1c(Cc2ccc(-c3ccccc3C#N)s2)c(=O)n(C2CCC(OC(CC)C(=O)O)CC2)c2ncnn12. The molecule has 3 heterocycles. The van der Waals surface area contributed by atoms with Crippen LogP contribution in [0.15, 0.2) is 47.5 Å². The number of fused-ring (bicyclic) bond motifs is 1. The Kier molecular flexibility index (Phi) is 8.43. The lowest BCUT2D eigenvalue weighted by Gasteiger charge is -2.31. The molecule has 1 atom stereocenters. The number of nitrogens with zero attached hydrogens (tertiary/aromatic N) is 5. The highest BCUT2D eigenvalue weighted by Gasteiger charge is 2.30. The standard InChI is InChI=1S/C30H33N5O4S/c1-3-7-25-24(16-22-14-15-27(40-22)23-9-6-5-8-19(23)17-31)28(36)34(30-32-18-33-35(25)30)20-10-12-21(13-11-20)39-26(4-2)29(37)38/h5-6,8-9,14-15,18,20-21,26H,3-4,7,10-13,16H2,1-2H3,(H,37,38). The number of hydrogen-bond donors (Lipinski definition) is 1. The highest BCUT2D eigenvalue weighted by Crippen LogP contribution is 2.34. The maximum Gasteiger partial charge on any atom is 0.332 e. The number of carbonyl (C=O) groups is 1. The molecule has 3 aromatic heterocycles. The third kappa shape index (κ3) is 5.44. The van der Waals surface area contributed by atoms with Gasteiger partial charge in [0.15, 0.2) is 6.10 Å². The minimum absolute atomic E-state index is 0.0438. The van der Waals surface area contributed by atoms with Crippen molar-refractivity contribution in [2.75, 3.05) is 0 Å². The second kappa shape index (κ2) is 12.1. The van der Waals surface area contributed by atoms with Crippen LogP contribution in [0.3, 0.4) is 0 Å². The number of hydrogen-bond acceptors (Lipinski definition) is 7. The van der Waals surface area contributed by atoms with Gasteiger partial charge in [0.1, 0.15) is 6.33 Å². The zero-order valence-electron chi connectivity index (χ0n) is 22.7. The summed E-state index contributed by atoms with van der Waals surface area (Å²) < 4.78 is 9.48. The number of benzene rings is 1. The molecule has 40 heavy (non-hydrogen) atoms. The van der Waals surface area contributed by atoms with Crippen LogP contribution < -0.4 is 5.56 Å². The highest BCUT2D eigenvalue weighted by atomic mass is 32.1. The number of aromatic nitrogens is 4. The predicted molar refractivity (Wildman–Crippen MR) is 153 cm³/mol. The van der Waals surface area contributed by atoms with Crippen LogP contribution in [0.2, 0.25) is 0 Å². The number of carboxylic acids is 1. The molecule has 0 spiro atoms. The number of rotatable bonds is 10. The van der Waals surface area contributed by atoms with Gasteiger partial charge in [0.25, 0.3) is 5.56 Å². The molecule has 0 saturated heterocycles. The van der Waals surface area contributed by atoms with Gasteiger partial charge in [-0.25, -0.2) is 9.31 Å². The van der Waals surface area contributed by atoms with Crippen LogP contribution in [0.25, 0.3) is 16.2 Å². The summed E-state index contributed by atoms with van der Waals surface area (Å²) in [4.78, 5) is 32.2. The van der Waals surface area contributed by atoms with Crippen LogP contribution in [-0.4, -0.2) is 42.4 Å². The smallest absolute Gasteiger partial charge is 0.332 e. The fourth-order valence-electron chi connectivity index (χ4n) is 5.67. The molecule has 0 aliphatic heterocycles. The van der Waals surface area contributed by atoms with Crippen LogP contribution in [0.1, 0.15) is 80.1 Å². The molecule has 0 amide bonds. The lowest BCUT2D eigenvalue weighted by molar-refractivity contribution is -0.156. The summed E-state index contributed by atoms with van der Waals surface area (Å²) in [6.45, 7) is 3.90. The molecule has 4 aromatic rings. The van der Waals surface area contributed by atoms with Crippen molar-refractivity contribution in [1.29, 1.82) is 5.26 Å². The number of aryl methyl sites for hydroxylation is 1. The molecule has 1 unspecified atom stereocenters. The van der Waals surface area contributed by atoms with E-state index >= 15 is 0 Å². The number of thiophene rings is 1. The van der Waals surface area contributed by atoms with E-state index in [2.05, 4.69) is 23.1 Å². The molecule has 1 saturated carbocycles. The van der Waals surface area contributed by atoms with Crippen LogP contribution >= 0.6 is 11.3 Å². The van der Waals surface area contributed by atoms with Crippen LogP contribution in [0.5, 0.6) is 0 Å². The lowest BCUT2D eigenvalue weighted by Crippen LogP contribution is -2.36. The van der Waals surface area contributed by atoms with E-state index in [1.54, 1.807) is 15.9 Å². The molecular formula is C30H33N5O4S. The van der Waals surface area contributed by atoms with Gasteiger partial charge in [0.05, 0.1) is 23.4 Å². The Labute approximate surface area is 236 Å². The largest absolute Gasteiger partial charge is 0.479 e. The van der Waals surface area contributed by atoms with Crippen molar-refractivity contribution in [2.45, 2.75) is 83.5 Å². The molecule has 0 bridgehead atoms. The van der Waals surface area contributed by atoms with Crippen LogP contribution in [-0.2, 0) is 22.4 Å². The molecule has 1 fully saturated rings. The van der Waals surface area contributed by atoms with Gasteiger partial charge < -0.3 is 9.84 Å². The summed E-state index contributed by atoms with van der Waals surface area (Å²) in [6, 6.07) is 13.8.